The predicted molar refractivity (Wildman–Crippen MR) is 92.7 cm³/mol. The number of carbonyl (C=O) groups is 2. The first-order chi connectivity index (χ1) is 11.5. The van der Waals surface area contributed by atoms with Crippen molar-refractivity contribution >= 4 is 41.3 Å². The Hall–Kier alpha value is -1.98. The molecule has 24 heavy (non-hydrogen) atoms. The summed E-state index contributed by atoms with van der Waals surface area (Å²) in [7, 11) is 0. The van der Waals surface area contributed by atoms with E-state index in [1.807, 2.05) is 19.1 Å². The zero-order chi connectivity index (χ0) is 17.5. The smallest absolute Gasteiger partial charge is 0.298 e. The van der Waals surface area contributed by atoms with Crippen LogP contribution in [0.2, 0.25) is 0 Å². The van der Waals surface area contributed by atoms with E-state index in [4.69, 9.17) is 32.4 Å². The van der Waals surface area contributed by atoms with E-state index in [-0.39, 0.29) is 5.91 Å². The lowest BCUT2D eigenvalue weighted by Gasteiger charge is -2.30. The fraction of sp³-hybridized carbons (Fsp3) is 0.294. The lowest BCUT2D eigenvalue weighted by atomic mass is 10.0. The van der Waals surface area contributed by atoms with Crippen LogP contribution in [0.5, 0.6) is 5.75 Å². The second-order valence-electron chi connectivity index (χ2n) is 5.12. The number of amides is 1. The first-order valence-electron chi connectivity index (χ1n) is 7.35. The van der Waals surface area contributed by atoms with Gasteiger partial charge in [-0.15, -0.1) is 0 Å². The summed E-state index contributed by atoms with van der Waals surface area (Å²) in [5.41, 5.74) is 1.72. The van der Waals surface area contributed by atoms with Crippen LogP contribution in [0.3, 0.4) is 0 Å². The number of ether oxygens (including phenoxy) is 1. The fourth-order valence-electron chi connectivity index (χ4n) is 2.41. The Balaban J connectivity index is 0.000000292. The van der Waals surface area contributed by atoms with Crippen molar-refractivity contribution < 1.29 is 18.7 Å². The summed E-state index contributed by atoms with van der Waals surface area (Å²) < 4.78 is 9.61. The molecule has 0 N–H and O–H groups in total. The molecule has 0 atom stereocenters. The molecule has 2 aromatic rings. The van der Waals surface area contributed by atoms with Crippen molar-refractivity contribution in [2.24, 2.45) is 0 Å². The Kier molecular flexibility index (Phi) is 6.70. The van der Waals surface area contributed by atoms with Gasteiger partial charge in [0.15, 0.2) is 4.84 Å². The Morgan fingerprint density at radius 2 is 2.17 bits per heavy atom. The Labute approximate surface area is 150 Å². The molecule has 5 nitrogen and oxygen atoms in total. The van der Waals surface area contributed by atoms with Gasteiger partial charge in [-0.1, -0.05) is 23.2 Å². The van der Waals surface area contributed by atoms with Crippen molar-refractivity contribution in [1.82, 2.24) is 0 Å². The number of carbonyl (C=O) groups excluding carboxylic acids is 2. The van der Waals surface area contributed by atoms with E-state index in [2.05, 4.69) is 0 Å². The van der Waals surface area contributed by atoms with E-state index in [1.54, 1.807) is 29.4 Å². The van der Waals surface area contributed by atoms with Gasteiger partial charge in [0.1, 0.15) is 11.5 Å². The van der Waals surface area contributed by atoms with Crippen LogP contribution in [-0.4, -0.2) is 23.8 Å². The number of hydrogen-bond donors (Lipinski definition) is 0. The molecular weight excluding hydrogens is 353 g/mol. The van der Waals surface area contributed by atoms with Gasteiger partial charge in [0.25, 0.3) is 12.4 Å². The number of alkyl halides is 2. The van der Waals surface area contributed by atoms with Crippen LogP contribution in [0.4, 0.5) is 5.69 Å². The Bertz CT molecular complexity index is 686. The van der Waals surface area contributed by atoms with Gasteiger partial charge in [-0.3, -0.25) is 9.59 Å². The van der Waals surface area contributed by atoms with Crippen molar-refractivity contribution in [1.29, 1.82) is 0 Å². The molecule has 0 saturated carbocycles. The molecule has 0 spiro atoms. The maximum Gasteiger partial charge on any atom is 0.298 e. The summed E-state index contributed by atoms with van der Waals surface area (Å²) in [4.78, 5) is 22.6. The summed E-state index contributed by atoms with van der Waals surface area (Å²) in [6.45, 7) is 2.89. The molecular formula is C17H17Cl2NO4. The van der Waals surface area contributed by atoms with Gasteiger partial charge in [0.05, 0.1) is 6.26 Å². The highest BCUT2D eigenvalue weighted by Crippen LogP contribution is 2.31. The number of anilines is 1. The van der Waals surface area contributed by atoms with Crippen LogP contribution in [-0.2, 0) is 16.0 Å². The third-order valence-electron chi connectivity index (χ3n) is 3.47. The monoisotopic (exact) mass is 369 g/mol. The van der Waals surface area contributed by atoms with E-state index in [0.717, 1.165) is 29.9 Å². The van der Waals surface area contributed by atoms with Gasteiger partial charge in [0.2, 0.25) is 0 Å². The summed E-state index contributed by atoms with van der Waals surface area (Å²) in [6.07, 6.45) is 3.31. The normalized spacial score (nSPS) is 12.9. The number of hydrogen-bond acceptors (Lipinski definition) is 4. The summed E-state index contributed by atoms with van der Waals surface area (Å²) in [5.74, 6) is 1.10. The van der Waals surface area contributed by atoms with E-state index in [1.165, 1.54) is 0 Å². The van der Waals surface area contributed by atoms with Gasteiger partial charge < -0.3 is 14.1 Å². The molecule has 0 bridgehead atoms. The Morgan fingerprint density at radius 1 is 1.38 bits per heavy atom. The number of nitrogens with zero attached hydrogens (tertiary/aromatic N) is 1. The molecule has 128 valence electrons. The maximum absolute atomic E-state index is 11.8. The third kappa shape index (κ3) is 4.76. The van der Waals surface area contributed by atoms with E-state index >= 15 is 0 Å². The van der Waals surface area contributed by atoms with Crippen LogP contribution in [0, 0.1) is 6.92 Å². The molecule has 0 fully saturated rings. The standard InChI is InChI=1S/C12H11Cl2NO3.C5H6O/c13-11(14)12(17)15-5-1-2-8-6-9(18-7-16)3-4-10(8)15;1-5-3-2-4-6-5/h3-4,6-7,11H,1-2,5H2;2-4H,1H3. The van der Waals surface area contributed by atoms with Crippen molar-refractivity contribution in [3.8, 4) is 5.75 Å². The SMILES string of the molecule is Cc1ccco1.O=COc1ccc2c(c1)CCCN2C(=O)C(Cl)Cl. The molecule has 0 radical (unpaired) electrons. The average molecular weight is 370 g/mol. The second kappa shape index (κ2) is 8.76. The fourth-order valence-corrected chi connectivity index (χ4v) is 2.65. The van der Waals surface area contributed by atoms with Gasteiger partial charge in [-0.05, 0) is 55.7 Å². The lowest BCUT2D eigenvalue weighted by molar-refractivity contribution is -0.120. The molecule has 1 aromatic carbocycles. The average Bonchev–Trinajstić information content (AvgIpc) is 3.05. The van der Waals surface area contributed by atoms with Crippen molar-refractivity contribution in [2.75, 3.05) is 11.4 Å². The zero-order valence-corrected chi connectivity index (χ0v) is 14.6. The van der Waals surface area contributed by atoms with Crippen molar-refractivity contribution in [3.05, 3.63) is 47.9 Å². The summed E-state index contributed by atoms with van der Waals surface area (Å²) in [6, 6.07) is 8.91. The minimum absolute atomic E-state index is 0.330. The number of furan rings is 1. The molecule has 0 aliphatic carbocycles. The molecule has 2 heterocycles. The molecule has 1 aromatic heterocycles. The van der Waals surface area contributed by atoms with Crippen LogP contribution < -0.4 is 9.64 Å². The van der Waals surface area contributed by atoms with E-state index in [9.17, 15) is 9.59 Å². The highest BCUT2D eigenvalue weighted by atomic mass is 35.5. The lowest BCUT2D eigenvalue weighted by Crippen LogP contribution is -2.38. The van der Waals surface area contributed by atoms with Gasteiger partial charge in [0, 0.05) is 12.2 Å². The first-order valence-corrected chi connectivity index (χ1v) is 8.23. The minimum atomic E-state index is -1.07. The van der Waals surface area contributed by atoms with Gasteiger partial charge in [-0.25, -0.2) is 0 Å². The number of aryl methyl sites for hydroxylation is 2. The molecule has 0 unspecified atom stereocenters. The largest absolute Gasteiger partial charge is 0.470 e. The number of halogens is 2. The number of fused-ring (bicyclic) bond motifs is 1. The Morgan fingerprint density at radius 3 is 2.71 bits per heavy atom. The van der Waals surface area contributed by atoms with E-state index < -0.39 is 4.84 Å². The second-order valence-corrected chi connectivity index (χ2v) is 6.22. The molecule has 3 rings (SSSR count). The van der Waals surface area contributed by atoms with Crippen LogP contribution in [0.15, 0.2) is 41.0 Å². The first kappa shape index (κ1) is 18.4. The summed E-state index contributed by atoms with van der Waals surface area (Å²) in [5, 5.41) is 0. The molecule has 1 amide bonds. The third-order valence-corrected chi connectivity index (χ3v) is 3.84. The molecule has 1 aliphatic rings. The van der Waals surface area contributed by atoms with Crippen LogP contribution in [0.1, 0.15) is 17.7 Å². The van der Waals surface area contributed by atoms with Crippen molar-refractivity contribution in [2.45, 2.75) is 24.6 Å². The highest BCUT2D eigenvalue weighted by molar-refractivity contribution is 6.54. The van der Waals surface area contributed by atoms with Gasteiger partial charge in [-0.2, -0.15) is 0 Å². The predicted octanol–water partition coefficient (Wildman–Crippen LogP) is 3.89. The van der Waals surface area contributed by atoms with Crippen LogP contribution in [0.25, 0.3) is 0 Å². The quantitative estimate of drug-likeness (QED) is 0.608. The molecule has 1 aliphatic heterocycles. The van der Waals surface area contributed by atoms with Crippen LogP contribution >= 0.6 is 23.2 Å². The van der Waals surface area contributed by atoms with Crippen molar-refractivity contribution in [3.63, 3.8) is 0 Å². The molecule has 0 saturated heterocycles. The van der Waals surface area contributed by atoms with E-state index in [0.29, 0.717) is 18.8 Å². The highest BCUT2D eigenvalue weighted by Gasteiger charge is 2.26. The maximum atomic E-state index is 11.8. The van der Waals surface area contributed by atoms with Gasteiger partial charge >= 0.3 is 0 Å². The zero-order valence-electron chi connectivity index (χ0n) is 13.1. The topological polar surface area (TPSA) is 59.8 Å². The summed E-state index contributed by atoms with van der Waals surface area (Å²) >= 11 is 11.2. The number of benzene rings is 1. The minimum Gasteiger partial charge on any atom is -0.470 e. The molecule has 7 heteroatoms. The number of rotatable bonds is 3.